The van der Waals surface area contributed by atoms with Crippen LogP contribution in [0, 0.1) is 17.7 Å². The molecular weight excluding hydrogens is 519 g/mol. The van der Waals surface area contributed by atoms with Gasteiger partial charge in [-0.15, -0.1) is 11.3 Å². The Kier molecular flexibility index (Phi) is 10.5. The monoisotopic (exact) mass is 552 g/mol. The quantitative estimate of drug-likeness (QED) is 0.435. The molecular formula is C26H34ClFN4O4S. The van der Waals surface area contributed by atoms with Gasteiger partial charge >= 0.3 is 0 Å². The Labute approximate surface area is 226 Å². The maximum Gasteiger partial charge on any atom is 0.261 e. The van der Waals surface area contributed by atoms with Crippen LogP contribution in [0.15, 0.2) is 30.3 Å². The summed E-state index contributed by atoms with van der Waals surface area (Å²) in [6.45, 7) is 10.2. The number of ether oxygens (including phenoxy) is 1. The molecule has 3 amide bonds. The summed E-state index contributed by atoms with van der Waals surface area (Å²) in [6, 6.07) is 6.82. The number of rotatable bonds is 11. The molecule has 1 atom stereocenters. The van der Waals surface area contributed by atoms with Crippen LogP contribution >= 0.6 is 22.9 Å². The van der Waals surface area contributed by atoms with Gasteiger partial charge in [-0.25, -0.2) is 4.39 Å². The van der Waals surface area contributed by atoms with Crippen molar-refractivity contribution < 1.29 is 23.5 Å². The standard InChI is InChI=1S/C26H34ClFN4O4S/c1-16(2)13-31(14-17(3)4)21(12-29-26(35)22-7-8-23(27)37-22)25(34)30-20-6-5-18(11-19(20)28)32-9-10-36-15-24(32)33/h5-8,11,16-17,21H,9-10,12-15H2,1-4H3,(H,29,35)(H,30,34)/t21-/m1/s1. The number of thiophene rings is 1. The Morgan fingerprint density at radius 3 is 2.43 bits per heavy atom. The van der Waals surface area contributed by atoms with E-state index in [4.69, 9.17) is 16.3 Å². The van der Waals surface area contributed by atoms with E-state index in [9.17, 15) is 14.4 Å². The van der Waals surface area contributed by atoms with Crippen molar-refractivity contribution in [2.75, 3.05) is 49.6 Å². The molecule has 37 heavy (non-hydrogen) atoms. The first kappa shape index (κ1) is 29.0. The summed E-state index contributed by atoms with van der Waals surface area (Å²) in [5.41, 5.74) is 0.410. The van der Waals surface area contributed by atoms with Gasteiger partial charge < -0.3 is 20.3 Å². The van der Waals surface area contributed by atoms with Gasteiger partial charge in [-0.1, -0.05) is 39.3 Å². The van der Waals surface area contributed by atoms with Gasteiger partial charge in [0.05, 0.1) is 21.5 Å². The third kappa shape index (κ3) is 8.23. The number of carbonyl (C=O) groups is 3. The predicted octanol–water partition coefficient (Wildman–Crippen LogP) is 4.25. The number of hydrogen-bond donors (Lipinski definition) is 2. The number of carbonyl (C=O) groups excluding carboxylic acids is 3. The van der Waals surface area contributed by atoms with Gasteiger partial charge in [-0.05, 0) is 42.2 Å². The second-order valence-corrected chi connectivity index (χ2v) is 11.5. The van der Waals surface area contributed by atoms with Crippen molar-refractivity contribution >= 4 is 52.0 Å². The van der Waals surface area contributed by atoms with Crippen LogP contribution in [0.1, 0.15) is 37.4 Å². The second-order valence-electron chi connectivity index (χ2n) is 9.82. The fourth-order valence-corrected chi connectivity index (χ4v) is 5.11. The first-order valence-electron chi connectivity index (χ1n) is 12.3. The molecule has 3 rings (SSSR count). The summed E-state index contributed by atoms with van der Waals surface area (Å²) in [4.78, 5) is 42.2. The Hall–Kier alpha value is -2.53. The average molecular weight is 553 g/mol. The highest BCUT2D eigenvalue weighted by Gasteiger charge is 2.29. The SMILES string of the molecule is CC(C)CN(CC(C)C)[C@H](CNC(=O)c1ccc(Cl)s1)C(=O)Nc1ccc(N2CCOCC2=O)cc1F. The fraction of sp³-hybridized carbons (Fsp3) is 0.500. The second kappa shape index (κ2) is 13.3. The molecule has 1 saturated heterocycles. The largest absolute Gasteiger partial charge is 0.370 e. The number of morpholine rings is 1. The minimum Gasteiger partial charge on any atom is -0.370 e. The van der Waals surface area contributed by atoms with Gasteiger partial charge in [0.2, 0.25) is 5.91 Å². The van der Waals surface area contributed by atoms with Gasteiger partial charge in [0.25, 0.3) is 11.8 Å². The Balaban J connectivity index is 1.79. The van der Waals surface area contributed by atoms with Crippen molar-refractivity contribution in [1.29, 1.82) is 0 Å². The number of anilines is 2. The number of nitrogens with one attached hydrogen (secondary N) is 2. The third-order valence-electron chi connectivity index (χ3n) is 5.70. The fourth-order valence-electron chi connectivity index (χ4n) is 4.15. The number of hydrogen-bond acceptors (Lipinski definition) is 6. The molecule has 1 fully saturated rings. The zero-order valence-corrected chi connectivity index (χ0v) is 23.1. The minimum absolute atomic E-state index is 0.00451. The summed E-state index contributed by atoms with van der Waals surface area (Å²) >= 11 is 7.12. The summed E-state index contributed by atoms with van der Waals surface area (Å²) in [7, 11) is 0. The van der Waals surface area contributed by atoms with Gasteiger partial charge in [-0.2, -0.15) is 0 Å². The number of amides is 3. The normalized spacial score (nSPS) is 14.9. The smallest absolute Gasteiger partial charge is 0.261 e. The van der Waals surface area contributed by atoms with Crippen molar-refractivity contribution in [3.63, 3.8) is 0 Å². The lowest BCUT2D eigenvalue weighted by Gasteiger charge is -2.33. The first-order valence-corrected chi connectivity index (χ1v) is 13.5. The first-order chi connectivity index (χ1) is 17.5. The van der Waals surface area contributed by atoms with Crippen LogP contribution in [-0.4, -0.2) is 68.1 Å². The van der Waals surface area contributed by atoms with E-state index in [1.807, 2.05) is 4.90 Å². The highest BCUT2D eigenvalue weighted by molar-refractivity contribution is 7.18. The summed E-state index contributed by atoms with van der Waals surface area (Å²) in [6.07, 6.45) is 0. The van der Waals surface area contributed by atoms with E-state index >= 15 is 4.39 Å². The molecule has 11 heteroatoms. The highest BCUT2D eigenvalue weighted by Crippen LogP contribution is 2.24. The molecule has 0 unspecified atom stereocenters. The maximum atomic E-state index is 15.0. The predicted molar refractivity (Wildman–Crippen MR) is 145 cm³/mol. The zero-order chi connectivity index (χ0) is 27.1. The van der Waals surface area contributed by atoms with Crippen molar-refractivity contribution in [2.45, 2.75) is 33.7 Å². The van der Waals surface area contributed by atoms with Crippen molar-refractivity contribution in [2.24, 2.45) is 11.8 Å². The van der Waals surface area contributed by atoms with Crippen LogP contribution in [0.3, 0.4) is 0 Å². The van der Waals surface area contributed by atoms with Gasteiger partial charge in [0, 0.05) is 31.9 Å². The Morgan fingerprint density at radius 1 is 1.16 bits per heavy atom. The molecule has 0 aliphatic carbocycles. The van der Waals surface area contributed by atoms with Crippen LogP contribution in [0.2, 0.25) is 4.34 Å². The van der Waals surface area contributed by atoms with Crippen LogP contribution in [0.25, 0.3) is 0 Å². The molecule has 202 valence electrons. The highest BCUT2D eigenvalue weighted by atomic mass is 35.5. The topological polar surface area (TPSA) is 91.0 Å². The van der Waals surface area contributed by atoms with Crippen LogP contribution < -0.4 is 15.5 Å². The molecule has 1 aliphatic rings. The molecule has 0 bridgehead atoms. The van der Waals surface area contributed by atoms with E-state index in [0.29, 0.717) is 41.1 Å². The molecule has 8 nitrogen and oxygen atoms in total. The molecule has 2 N–H and O–H groups in total. The zero-order valence-electron chi connectivity index (χ0n) is 21.6. The molecule has 1 aromatic carbocycles. The third-order valence-corrected chi connectivity index (χ3v) is 6.93. The Morgan fingerprint density at radius 2 is 1.86 bits per heavy atom. The maximum absolute atomic E-state index is 15.0. The van der Waals surface area contributed by atoms with E-state index in [2.05, 4.69) is 38.3 Å². The molecule has 1 aromatic heterocycles. The molecule has 0 radical (unpaired) electrons. The van der Waals surface area contributed by atoms with Crippen molar-refractivity contribution in [3.8, 4) is 0 Å². The van der Waals surface area contributed by atoms with Crippen molar-refractivity contribution in [1.82, 2.24) is 10.2 Å². The molecule has 2 heterocycles. The molecule has 1 aliphatic heterocycles. The van der Waals surface area contributed by atoms with E-state index in [0.717, 1.165) is 11.3 Å². The lowest BCUT2D eigenvalue weighted by molar-refractivity contribution is -0.125. The lowest BCUT2D eigenvalue weighted by atomic mass is 10.1. The molecule has 0 spiro atoms. The minimum atomic E-state index is -0.732. The van der Waals surface area contributed by atoms with Gasteiger partial charge in [0.15, 0.2) is 0 Å². The number of halogens is 2. The van der Waals surface area contributed by atoms with Crippen LogP contribution in [-0.2, 0) is 14.3 Å². The van der Waals surface area contributed by atoms with E-state index in [-0.39, 0.29) is 42.5 Å². The summed E-state index contributed by atoms with van der Waals surface area (Å²) < 4.78 is 20.7. The van der Waals surface area contributed by atoms with E-state index < -0.39 is 17.8 Å². The van der Waals surface area contributed by atoms with Crippen LogP contribution in [0.4, 0.5) is 15.8 Å². The number of benzene rings is 1. The molecule has 2 aromatic rings. The molecule has 0 saturated carbocycles. The van der Waals surface area contributed by atoms with E-state index in [1.165, 1.54) is 17.0 Å². The van der Waals surface area contributed by atoms with Crippen LogP contribution in [0.5, 0.6) is 0 Å². The van der Waals surface area contributed by atoms with E-state index in [1.54, 1.807) is 18.2 Å². The summed E-state index contributed by atoms with van der Waals surface area (Å²) in [5, 5.41) is 5.53. The van der Waals surface area contributed by atoms with Gasteiger partial charge in [0.1, 0.15) is 18.5 Å². The summed E-state index contributed by atoms with van der Waals surface area (Å²) in [5.74, 6) is -1.12. The van der Waals surface area contributed by atoms with Crippen molar-refractivity contribution in [3.05, 3.63) is 45.4 Å². The Bertz CT molecular complexity index is 1100. The lowest BCUT2D eigenvalue weighted by Crippen LogP contribution is -2.52. The average Bonchev–Trinajstić information content (AvgIpc) is 3.26. The number of nitrogens with zero attached hydrogens (tertiary/aromatic N) is 2. The van der Waals surface area contributed by atoms with Gasteiger partial charge in [-0.3, -0.25) is 19.3 Å².